The minimum atomic E-state index is -0.0577. The van der Waals surface area contributed by atoms with Crippen LogP contribution in [0.25, 0.3) is 0 Å². The average Bonchev–Trinajstić information content (AvgIpc) is 3.34. The van der Waals surface area contributed by atoms with Crippen molar-refractivity contribution in [3.8, 4) is 0 Å². The zero-order chi connectivity index (χ0) is 18.9. The first-order valence-corrected chi connectivity index (χ1v) is 11.0. The Morgan fingerprint density at radius 2 is 2.00 bits per heavy atom. The molecule has 5 fully saturated rings. The molecule has 4 aliphatic carbocycles. The van der Waals surface area contributed by atoms with Gasteiger partial charge in [-0.1, -0.05) is 19.0 Å². The lowest BCUT2D eigenvalue weighted by molar-refractivity contribution is -0.145. The molecule has 1 spiro atoms. The van der Waals surface area contributed by atoms with Crippen molar-refractivity contribution in [3.63, 3.8) is 0 Å². The van der Waals surface area contributed by atoms with Gasteiger partial charge in [0.05, 0.1) is 17.9 Å². The van der Waals surface area contributed by atoms with Gasteiger partial charge in [-0.2, -0.15) is 0 Å². The third-order valence-electron chi connectivity index (χ3n) is 9.32. The molecule has 0 aromatic carbocycles. The summed E-state index contributed by atoms with van der Waals surface area (Å²) in [4.78, 5) is 18.0. The Morgan fingerprint density at radius 3 is 2.71 bits per heavy atom. The second-order valence-corrected chi connectivity index (χ2v) is 10.4. The number of carbonyl (C=O) groups is 1. The first-order chi connectivity index (χ1) is 12.9. The third kappa shape index (κ3) is 2.79. The number of nitrogens with two attached hydrogens (primary N) is 1. The summed E-state index contributed by atoms with van der Waals surface area (Å²) < 4.78 is 6.20. The Morgan fingerprint density at radius 1 is 1.21 bits per heavy atom. The Kier molecular flexibility index (Phi) is 5.12. The lowest BCUT2D eigenvalue weighted by Crippen LogP contribution is -2.59. The van der Waals surface area contributed by atoms with E-state index in [1.165, 1.54) is 18.6 Å². The molecule has 4 saturated carbocycles. The topological polar surface area (TPSA) is 77.2 Å². The largest absolute Gasteiger partial charge is 0.395 e. The summed E-state index contributed by atoms with van der Waals surface area (Å²) in [6.45, 7) is 6.68. The fraction of sp³-hybridized carbons (Fsp3) is 0.909. The van der Waals surface area contributed by atoms with Crippen LogP contribution >= 0.6 is 12.4 Å². The second kappa shape index (κ2) is 6.95. The smallest absolute Gasteiger partial charge is 0.139 e. The van der Waals surface area contributed by atoms with Crippen molar-refractivity contribution in [1.29, 1.82) is 0 Å². The number of ether oxygens (including phenoxy) is 1. The molecule has 28 heavy (non-hydrogen) atoms. The van der Waals surface area contributed by atoms with Gasteiger partial charge in [0.1, 0.15) is 12.4 Å². The molecule has 0 amide bonds. The lowest BCUT2D eigenvalue weighted by atomic mass is 9.43. The van der Waals surface area contributed by atoms with Crippen molar-refractivity contribution < 1.29 is 14.4 Å². The maximum atomic E-state index is 12.6. The van der Waals surface area contributed by atoms with Gasteiger partial charge in [0.25, 0.3) is 0 Å². The van der Waals surface area contributed by atoms with Crippen LogP contribution in [0.4, 0.5) is 0 Å². The second-order valence-electron chi connectivity index (χ2n) is 10.4. The van der Waals surface area contributed by atoms with E-state index in [9.17, 15) is 4.79 Å². The van der Waals surface area contributed by atoms with Gasteiger partial charge in [-0.05, 0) is 68.1 Å². The van der Waals surface area contributed by atoms with E-state index in [4.69, 9.17) is 15.3 Å². The molecule has 0 aromatic heterocycles. The number of Topliss-reactive ketones (excluding diaryl/α,β-unsaturated/α-hetero) is 1. The first-order valence-electron chi connectivity index (χ1n) is 11.0. The fourth-order valence-corrected chi connectivity index (χ4v) is 7.78. The highest BCUT2D eigenvalue weighted by molar-refractivity contribution is 5.87. The van der Waals surface area contributed by atoms with Crippen LogP contribution in [-0.2, 0) is 14.4 Å². The third-order valence-corrected chi connectivity index (χ3v) is 9.32. The van der Waals surface area contributed by atoms with Crippen molar-refractivity contribution in [1.82, 2.24) is 0 Å². The van der Waals surface area contributed by atoms with E-state index in [0.717, 1.165) is 51.0 Å². The van der Waals surface area contributed by atoms with Gasteiger partial charge in [-0.15, -0.1) is 12.4 Å². The molecule has 2 N–H and O–H groups in total. The Hall–Kier alpha value is -0.650. The van der Waals surface area contributed by atoms with Gasteiger partial charge >= 0.3 is 0 Å². The number of fused-ring (bicyclic) bond motifs is 6. The molecule has 7 atom stereocenters. The molecule has 0 aromatic rings. The van der Waals surface area contributed by atoms with E-state index in [1.807, 2.05) is 0 Å². The number of carbonyl (C=O) groups excluding carboxylic acids is 1. The van der Waals surface area contributed by atoms with Gasteiger partial charge in [0.2, 0.25) is 0 Å². The SMILES string of the molecule is C[C@]12CC/C(=N\OCCN)C[C@@H]1[C@@]1(CO1)C[C@@H]1[C@@H]2CC[C@]2(C)C(=O)CC[C@@H]12.Cl. The number of epoxide rings is 1. The van der Waals surface area contributed by atoms with Gasteiger partial charge in [-0.25, -0.2) is 0 Å². The van der Waals surface area contributed by atoms with Crippen LogP contribution in [0.1, 0.15) is 65.2 Å². The molecule has 0 radical (unpaired) electrons. The molecular weight excluding hydrogens is 376 g/mol. The summed E-state index contributed by atoms with van der Waals surface area (Å²) in [7, 11) is 0. The number of ketones is 1. The molecule has 1 saturated heterocycles. The maximum Gasteiger partial charge on any atom is 0.139 e. The summed E-state index contributed by atoms with van der Waals surface area (Å²) in [6.07, 6.45) is 8.56. The Bertz CT molecular complexity index is 679. The normalized spacial score (nSPS) is 50.5. The molecule has 6 heteroatoms. The number of oxime groups is 1. The molecule has 5 nitrogen and oxygen atoms in total. The van der Waals surface area contributed by atoms with Crippen LogP contribution < -0.4 is 5.73 Å². The summed E-state index contributed by atoms with van der Waals surface area (Å²) in [6, 6.07) is 0. The lowest BCUT2D eigenvalue weighted by Gasteiger charge is -2.61. The zero-order valence-electron chi connectivity index (χ0n) is 17.2. The van der Waals surface area contributed by atoms with Crippen molar-refractivity contribution in [2.45, 2.75) is 70.8 Å². The number of halogens is 1. The zero-order valence-corrected chi connectivity index (χ0v) is 18.1. The van der Waals surface area contributed by atoms with Crippen molar-refractivity contribution >= 4 is 23.9 Å². The standard InChI is InChI=1S/C22H34N2O3.ClH/c1-20-7-5-14(24-27-10-9-23)11-18(20)22(13-26-22)12-15-16-3-4-19(25)21(16,2)8-6-17(15)20;/h15-18H,3-13,23H2,1-2H3;1H/b24-14+;/t15-,16-,17-,18-,20+,21-,22-;/m0./s1. The van der Waals surface area contributed by atoms with Crippen LogP contribution in [0.15, 0.2) is 5.16 Å². The number of rotatable bonds is 3. The van der Waals surface area contributed by atoms with Crippen LogP contribution in [-0.4, -0.2) is 36.9 Å². The van der Waals surface area contributed by atoms with Gasteiger partial charge in [0.15, 0.2) is 0 Å². The van der Waals surface area contributed by atoms with E-state index in [0.29, 0.717) is 42.1 Å². The monoisotopic (exact) mass is 410 g/mol. The van der Waals surface area contributed by atoms with Gasteiger partial charge in [-0.3, -0.25) is 4.79 Å². The minimum absolute atomic E-state index is 0. The van der Waals surface area contributed by atoms with E-state index >= 15 is 0 Å². The maximum absolute atomic E-state index is 12.6. The van der Waals surface area contributed by atoms with E-state index in [1.54, 1.807) is 0 Å². The molecule has 0 bridgehead atoms. The van der Waals surface area contributed by atoms with Crippen LogP contribution in [0.2, 0.25) is 0 Å². The van der Waals surface area contributed by atoms with E-state index < -0.39 is 0 Å². The average molecular weight is 411 g/mol. The fourth-order valence-electron chi connectivity index (χ4n) is 7.78. The predicted molar refractivity (Wildman–Crippen MR) is 110 cm³/mol. The van der Waals surface area contributed by atoms with Crippen molar-refractivity contribution in [3.05, 3.63) is 0 Å². The molecule has 0 unspecified atom stereocenters. The minimum Gasteiger partial charge on any atom is -0.395 e. The Labute approximate surface area is 174 Å². The highest BCUT2D eigenvalue weighted by atomic mass is 35.5. The summed E-state index contributed by atoms with van der Waals surface area (Å²) in [5, 5.41) is 4.40. The van der Waals surface area contributed by atoms with E-state index in [-0.39, 0.29) is 23.4 Å². The Balaban J connectivity index is 0.00000192. The van der Waals surface area contributed by atoms with Gasteiger partial charge < -0.3 is 15.3 Å². The summed E-state index contributed by atoms with van der Waals surface area (Å²) >= 11 is 0. The molecular formula is C22H35ClN2O3. The number of hydrogen-bond acceptors (Lipinski definition) is 5. The molecule has 158 valence electrons. The van der Waals surface area contributed by atoms with Crippen LogP contribution in [0.5, 0.6) is 0 Å². The van der Waals surface area contributed by atoms with Crippen LogP contribution in [0.3, 0.4) is 0 Å². The number of hydrogen-bond donors (Lipinski definition) is 1. The van der Waals surface area contributed by atoms with Crippen molar-refractivity contribution in [2.75, 3.05) is 19.8 Å². The predicted octanol–water partition coefficient (Wildman–Crippen LogP) is 3.73. The van der Waals surface area contributed by atoms with Crippen molar-refractivity contribution in [2.24, 2.45) is 45.4 Å². The quantitative estimate of drug-likeness (QED) is 0.437. The summed E-state index contributed by atoms with van der Waals surface area (Å²) in [5.41, 5.74) is 7.00. The van der Waals surface area contributed by atoms with Crippen LogP contribution in [0, 0.1) is 34.5 Å². The highest BCUT2D eigenvalue weighted by Gasteiger charge is 2.69. The summed E-state index contributed by atoms with van der Waals surface area (Å²) in [5.74, 6) is 3.03. The molecule has 1 aliphatic heterocycles. The highest BCUT2D eigenvalue weighted by Crippen LogP contribution is 2.70. The van der Waals surface area contributed by atoms with E-state index in [2.05, 4.69) is 19.0 Å². The number of nitrogens with zero attached hydrogens (tertiary/aromatic N) is 1. The van der Waals surface area contributed by atoms with Gasteiger partial charge in [0, 0.05) is 24.3 Å². The molecule has 5 rings (SSSR count). The first kappa shape index (κ1) is 20.6. The molecule has 5 aliphatic rings. The molecule has 1 heterocycles.